The van der Waals surface area contributed by atoms with Gasteiger partial charge in [-0.25, -0.2) is 5.14 Å². The van der Waals surface area contributed by atoms with Crippen molar-refractivity contribution in [1.29, 1.82) is 0 Å². The lowest BCUT2D eigenvalue weighted by Crippen LogP contribution is -2.56. The van der Waals surface area contributed by atoms with E-state index in [1.54, 1.807) is 13.8 Å². The molecule has 0 aromatic carbocycles. The van der Waals surface area contributed by atoms with Crippen molar-refractivity contribution in [3.8, 4) is 0 Å². The van der Waals surface area contributed by atoms with E-state index in [0.29, 0.717) is 0 Å². The van der Waals surface area contributed by atoms with E-state index in [9.17, 15) is 13.2 Å². The van der Waals surface area contributed by atoms with E-state index >= 15 is 0 Å². The second-order valence-electron chi connectivity index (χ2n) is 4.33. The molecular formula is C8H18N2O4S. The van der Waals surface area contributed by atoms with Crippen LogP contribution in [-0.4, -0.2) is 35.9 Å². The molecule has 0 saturated heterocycles. The second kappa shape index (κ2) is 4.46. The SMILES string of the molecule is CC(C)CN(C(C)(C)C(=O)O)S(N)(=O)=O. The maximum Gasteiger partial charge on any atom is 0.324 e. The minimum atomic E-state index is -4.01. The number of aliphatic carboxylic acids is 1. The molecule has 0 atom stereocenters. The quantitative estimate of drug-likeness (QED) is 0.704. The van der Waals surface area contributed by atoms with Gasteiger partial charge in [-0.2, -0.15) is 12.7 Å². The number of nitrogens with zero attached hydrogens (tertiary/aromatic N) is 1. The molecule has 6 nitrogen and oxygen atoms in total. The molecule has 0 rings (SSSR count). The van der Waals surface area contributed by atoms with Crippen molar-refractivity contribution in [3.05, 3.63) is 0 Å². The van der Waals surface area contributed by atoms with Crippen LogP contribution in [0, 0.1) is 5.92 Å². The average molecular weight is 238 g/mol. The van der Waals surface area contributed by atoms with Crippen molar-refractivity contribution in [2.24, 2.45) is 11.1 Å². The van der Waals surface area contributed by atoms with Crippen molar-refractivity contribution >= 4 is 16.2 Å². The van der Waals surface area contributed by atoms with Crippen molar-refractivity contribution in [2.75, 3.05) is 6.54 Å². The van der Waals surface area contributed by atoms with E-state index in [0.717, 1.165) is 4.31 Å². The second-order valence-corrected chi connectivity index (χ2v) is 5.80. The number of hydrogen-bond donors (Lipinski definition) is 2. The molecule has 0 saturated carbocycles. The Bertz CT molecular complexity index is 335. The molecule has 0 radical (unpaired) electrons. The fourth-order valence-electron chi connectivity index (χ4n) is 1.09. The van der Waals surface area contributed by atoms with Crippen LogP contribution in [0.5, 0.6) is 0 Å². The first-order valence-corrected chi connectivity index (χ1v) is 6.04. The third-order valence-corrected chi connectivity index (χ3v) is 3.20. The molecule has 0 aromatic rings. The average Bonchev–Trinajstić information content (AvgIpc) is 1.97. The Morgan fingerprint density at radius 1 is 1.47 bits per heavy atom. The third-order valence-electron chi connectivity index (χ3n) is 1.99. The highest BCUT2D eigenvalue weighted by Gasteiger charge is 2.40. The fraction of sp³-hybridized carbons (Fsp3) is 0.875. The van der Waals surface area contributed by atoms with Gasteiger partial charge in [0.1, 0.15) is 5.54 Å². The summed E-state index contributed by atoms with van der Waals surface area (Å²) in [7, 11) is -4.01. The molecule has 0 fully saturated rings. The highest BCUT2D eigenvalue weighted by atomic mass is 32.2. The molecule has 15 heavy (non-hydrogen) atoms. The largest absolute Gasteiger partial charge is 0.480 e. The molecule has 0 aromatic heterocycles. The summed E-state index contributed by atoms with van der Waals surface area (Å²) in [6, 6.07) is 0. The summed E-state index contributed by atoms with van der Waals surface area (Å²) in [4.78, 5) is 10.9. The van der Waals surface area contributed by atoms with Gasteiger partial charge >= 0.3 is 5.97 Å². The van der Waals surface area contributed by atoms with E-state index in [4.69, 9.17) is 10.2 Å². The third kappa shape index (κ3) is 3.77. The van der Waals surface area contributed by atoms with Gasteiger partial charge in [-0.1, -0.05) is 13.8 Å². The summed E-state index contributed by atoms with van der Waals surface area (Å²) in [6.45, 7) is 6.27. The minimum Gasteiger partial charge on any atom is -0.480 e. The van der Waals surface area contributed by atoms with Gasteiger partial charge in [0.2, 0.25) is 0 Å². The van der Waals surface area contributed by atoms with Gasteiger partial charge in [-0.3, -0.25) is 4.79 Å². The minimum absolute atomic E-state index is 0.00181. The van der Waals surface area contributed by atoms with Gasteiger partial charge < -0.3 is 5.11 Å². The maximum absolute atomic E-state index is 11.3. The highest BCUT2D eigenvalue weighted by Crippen LogP contribution is 2.19. The van der Waals surface area contributed by atoms with Crippen LogP contribution in [0.3, 0.4) is 0 Å². The van der Waals surface area contributed by atoms with Crippen LogP contribution in [-0.2, 0) is 15.0 Å². The summed E-state index contributed by atoms with van der Waals surface area (Å²) in [6.07, 6.45) is 0. The zero-order chi connectivity index (χ0) is 12.4. The van der Waals surface area contributed by atoms with E-state index in [-0.39, 0.29) is 12.5 Å². The summed E-state index contributed by atoms with van der Waals surface area (Å²) >= 11 is 0. The molecule has 0 bridgehead atoms. The van der Waals surface area contributed by atoms with Crippen LogP contribution in [0.4, 0.5) is 0 Å². The lowest BCUT2D eigenvalue weighted by molar-refractivity contribution is -0.146. The van der Waals surface area contributed by atoms with Gasteiger partial charge in [0.25, 0.3) is 10.2 Å². The summed E-state index contributed by atoms with van der Waals surface area (Å²) < 4.78 is 23.3. The Morgan fingerprint density at radius 3 is 2.07 bits per heavy atom. The molecule has 7 heteroatoms. The molecule has 90 valence electrons. The lowest BCUT2D eigenvalue weighted by atomic mass is 10.1. The Labute approximate surface area is 90.2 Å². The fourth-order valence-corrected chi connectivity index (χ4v) is 2.31. The molecule has 0 aliphatic rings. The van der Waals surface area contributed by atoms with Crippen LogP contribution in [0.25, 0.3) is 0 Å². The summed E-state index contributed by atoms with van der Waals surface area (Å²) in [5.41, 5.74) is -1.53. The van der Waals surface area contributed by atoms with Gasteiger partial charge in [0.15, 0.2) is 0 Å². The normalized spacial score (nSPS) is 13.5. The number of hydrogen-bond acceptors (Lipinski definition) is 3. The molecule has 0 amide bonds. The first-order valence-electron chi connectivity index (χ1n) is 4.53. The van der Waals surface area contributed by atoms with Crippen LogP contribution >= 0.6 is 0 Å². The molecule has 0 heterocycles. The molecule has 0 aliphatic heterocycles. The van der Waals surface area contributed by atoms with E-state index < -0.39 is 21.7 Å². The van der Waals surface area contributed by atoms with Crippen LogP contribution in [0.2, 0.25) is 0 Å². The van der Waals surface area contributed by atoms with Crippen LogP contribution < -0.4 is 5.14 Å². The van der Waals surface area contributed by atoms with Crippen LogP contribution in [0.1, 0.15) is 27.7 Å². The van der Waals surface area contributed by atoms with E-state index in [1.165, 1.54) is 13.8 Å². The number of carboxylic acid groups (broad SMARTS) is 1. The zero-order valence-electron chi connectivity index (χ0n) is 9.39. The van der Waals surface area contributed by atoms with Gasteiger partial charge in [0.05, 0.1) is 0 Å². The molecule has 0 spiro atoms. The number of carbonyl (C=O) groups is 1. The predicted molar refractivity (Wildman–Crippen MR) is 56.4 cm³/mol. The Hall–Kier alpha value is -0.660. The number of nitrogens with two attached hydrogens (primary N) is 1. The van der Waals surface area contributed by atoms with E-state index in [2.05, 4.69) is 0 Å². The molecular weight excluding hydrogens is 220 g/mol. The van der Waals surface area contributed by atoms with Gasteiger partial charge in [0, 0.05) is 6.54 Å². The standard InChI is InChI=1S/C8H18N2O4S/c1-6(2)5-10(15(9,13)14)8(3,4)7(11)12/h6H,5H2,1-4H3,(H,11,12)(H2,9,13,14). The summed E-state index contributed by atoms with van der Waals surface area (Å²) in [5, 5.41) is 13.9. The topological polar surface area (TPSA) is 101 Å². The Morgan fingerprint density at radius 2 is 1.87 bits per heavy atom. The van der Waals surface area contributed by atoms with Gasteiger partial charge in [-0.05, 0) is 19.8 Å². The smallest absolute Gasteiger partial charge is 0.324 e. The zero-order valence-corrected chi connectivity index (χ0v) is 10.2. The van der Waals surface area contributed by atoms with Crippen molar-refractivity contribution in [1.82, 2.24) is 4.31 Å². The van der Waals surface area contributed by atoms with Crippen molar-refractivity contribution < 1.29 is 18.3 Å². The maximum atomic E-state index is 11.3. The summed E-state index contributed by atoms with van der Waals surface area (Å²) in [5.74, 6) is -1.22. The predicted octanol–water partition coefficient (Wildman–Crippen LogP) is 0.0111. The monoisotopic (exact) mass is 238 g/mol. The van der Waals surface area contributed by atoms with Crippen molar-refractivity contribution in [3.63, 3.8) is 0 Å². The first-order chi connectivity index (χ1) is 6.49. The number of carboxylic acids is 1. The molecule has 0 aliphatic carbocycles. The lowest BCUT2D eigenvalue weighted by Gasteiger charge is -2.33. The Balaban J connectivity index is 5.22. The highest BCUT2D eigenvalue weighted by molar-refractivity contribution is 7.86. The van der Waals surface area contributed by atoms with Crippen LogP contribution in [0.15, 0.2) is 0 Å². The number of rotatable bonds is 5. The first kappa shape index (κ1) is 14.3. The molecule has 0 unspecified atom stereocenters. The van der Waals surface area contributed by atoms with Crippen molar-refractivity contribution in [2.45, 2.75) is 33.2 Å². The van der Waals surface area contributed by atoms with Gasteiger partial charge in [-0.15, -0.1) is 0 Å². The van der Waals surface area contributed by atoms with E-state index in [1.807, 2.05) is 0 Å². The molecule has 3 N–H and O–H groups in total. The Kier molecular flexibility index (Phi) is 4.26.